The second kappa shape index (κ2) is 8.03. The van der Waals surface area contributed by atoms with Crippen LogP contribution in [-0.2, 0) is 4.74 Å². The van der Waals surface area contributed by atoms with Crippen LogP contribution in [0.1, 0.15) is 26.7 Å². The number of rotatable bonds is 7. The lowest BCUT2D eigenvalue weighted by molar-refractivity contribution is 0.0257. The average Bonchev–Trinajstić information content (AvgIpc) is 2.38. The largest absolute Gasteiger partial charge is 0.376 e. The summed E-state index contributed by atoms with van der Waals surface area (Å²) in [7, 11) is 2.20. The Labute approximate surface area is 106 Å². The predicted octanol–water partition coefficient (Wildman–Crippen LogP) is 0.766. The molecule has 0 aromatic rings. The van der Waals surface area contributed by atoms with E-state index in [1.54, 1.807) is 0 Å². The molecule has 1 fully saturated rings. The molecule has 0 aromatic heterocycles. The van der Waals surface area contributed by atoms with E-state index in [1.165, 1.54) is 32.5 Å². The lowest BCUT2D eigenvalue weighted by Gasteiger charge is -2.37. The molecular formula is C13H29N3O. The highest BCUT2D eigenvalue weighted by atomic mass is 16.5. The Bertz CT molecular complexity index is 193. The van der Waals surface area contributed by atoms with Crippen molar-refractivity contribution in [3.05, 3.63) is 0 Å². The third-order valence-corrected chi connectivity index (χ3v) is 3.78. The van der Waals surface area contributed by atoms with E-state index in [2.05, 4.69) is 23.8 Å². The van der Waals surface area contributed by atoms with E-state index in [-0.39, 0.29) is 6.10 Å². The molecule has 1 saturated heterocycles. The molecule has 4 nitrogen and oxygen atoms in total. The first-order chi connectivity index (χ1) is 8.21. The summed E-state index contributed by atoms with van der Waals surface area (Å²) in [5, 5.41) is 0. The minimum absolute atomic E-state index is 0.189. The molecule has 1 heterocycles. The second-order valence-electron chi connectivity index (χ2n) is 4.92. The van der Waals surface area contributed by atoms with E-state index in [9.17, 15) is 0 Å². The van der Waals surface area contributed by atoms with Gasteiger partial charge in [-0.2, -0.15) is 0 Å². The summed E-state index contributed by atoms with van der Waals surface area (Å²) in [6, 6.07) is 0.701. The normalized spacial score (nSPS) is 21.0. The Balaban J connectivity index is 2.30. The molecule has 0 amide bonds. The first-order valence-corrected chi connectivity index (χ1v) is 6.95. The summed E-state index contributed by atoms with van der Waals surface area (Å²) in [5.74, 6) is 0. The zero-order chi connectivity index (χ0) is 12.7. The van der Waals surface area contributed by atoms with Crippen LogP contribution in [0.3, 0.4) is 0 Å². The standard InChI is InChI=1S/C13H29N3O/c1-4-16-8-6-12(7-9-16)15(3)11-13(10-14)17-5-2/h12-13H,4-11,14H2,1-3H3. The molecule has 1 atom stereocenters. The summed E-state index contributed by atoms with van der Waals surface area (Å²) >= 11 is 0. The molecule has 2 N–H and O–H groups in total. The summed E-state index contributed by atoms with van der Waals surface area (Å²) < 4.78 is 5.62. The van der Waals surface area contributed by atoms with E-state index in [0.29, 0.717) is 12.6 Å². The monoisotopic (exact) mass is 243 g/mol. The SMILES string of the molecule is CCOC(CN)CN(C)C1CCN(CC)CC1. The number of nitrogens with zero attached hydrogens (tertiary/aromatic N) is 2. The van der Waals surface area contributed by atoms with Crippen molar-refractivity contribution in [2.45, 2.75) is 38.8 Å². The van der Waals surface area contributed by atoms with Crippen LogP contribution in [0.25, 0.3) is 0 Å². The maximum Gasteiger partial charge on any atom is 0.0823 e. The smallest absolute Gasteiger partial charge is 0.0823 e. The summed E-state index contributed by atoms with van der Waals surface area (Å²) in [5.41, 5.74) is 5.72. The van der Waals surface area contributed by atoms with Crippen LogP contribution in [0.5, 0.6) is 0 Å². The van der Waals surface area contributed by atoms with Crippen molar-refractivity contribution in [1.29, 1.82) is 0 Å². The van der Waals surface area contributed by atoms with Gasteiger partial charge in [0.2, 0.25) is 0 Å². The Kier molecular flexibility index (Phi) is 7.04. The van der Waals surface area contributed by atoms with E-state index in [0.717, 1.165) is 13.2 Å². The molecular weight excluding hydrogens is 214 g/mol. The van der Waals surface area contributed by atoms with Gasteiger partial charge in [-0.05, 0) is 46.4 Å². The summed E-state index contributed by atoms with van der Waals surface area (Å²) in [6.45, 7) is 10.2. The Morgan fingerprint density at radius 2 is 2.00 bits per heavy atom. The molecule has 0 aromatic carbocycles. The molecule has 1 rings (SSSR count). The number of ether oxygens (including phenoxy) is 1. The Morgan fingerprint density at radius 1 is 1.35 bits per heavy atom. The predicted molar refractivity (Wildman–Crippen MR) is 72.2 cm³/mol. The maximum absolute atomic E-state index is 5.72. The van der Waals surface area contributed by atoms with Crippen LogP contribution in [0, 0.1) is 0 Å². The summed E-state index contributed by atoms with van der Waals surface area (Å²) in [4.78, 5) is 4.95. The molecule has 0 saturated carbocycles. The van der Waals surface area contributed by atoms with Gasteiger partial charge in [0, 0.05) is 25.7 Å². The number of nitrogens with two attached hydrogens (primary N) is 1. The summed E-state index contributed by atoms with van der Waals surface area (Å²) in [6.07, 6.45) is 2.73. The number of piperidine rings is 1. The first-order valence-electron chi connectivity index (χ1n) is 6.95. The highest BCUT2D eigenvalue weighted by Crippen LogP contribution is 2.15. The van der Waals surface area contributed by atoms with Crippen LogP contribution in [0.15, 0.2) is 0 Å². The van der Waals surface area contributed by atoms with E-state index in [4.69, 9.17) is 10.5 Å². The van der Waals surface area contributed by atoms with Gasteiger partial charge in [-0.1, -0.05) is 6.92 Å². The van der Waals surface area contributed by atoms with Crippen LogP contribution in [0.4, 0.5) is 0 Å². The Morgan fingerprint density at radius 3 is 2.47 bits per heavy atom. The number of likely N-dealkylation sites (N-methyl/N-ethyl adjacent to an activating group) is 1. The van der Waals surface area contributed by atoms with Crippen LogP contribution >= 0.6 is 0 Å². The van der Waals surface area contributed by atoms with Crippen molar-refractivity contribution in [2.75, 3.05) is 46.4 Å². The van der Waals surface area contributed by atoms with Gasteiger partial charge in [-0.15, -0.1) is 0 Å². The highest BCUT2D eigenvalue weighted by Gasteiger charge is 2.23. The van der Waals surface area contributed by atoms with Gasteiger partial charge in [0.05, 0.1) is 6.10 Å². The van der Waals surface area contributed by atoms with E-state index < -0.39 is 0 Å². The van der Waals surface area contributed by atoms with E-state index in [1.807, 2.05) is 6.92 Å². The molecule has 0 aliphatic carbocycles. The Hall–Kier alpha value is -0.160. The van der Waals surface area contributed by atoms with Crippen molar-refractivity contribution in [3.8, 4) is 0 Å². The third kappa shape index (κ3) is 4.92. The molecule has 0 spiro atoms. The number of hydrogen-bond acceptors (Lipinski definition) is 4. The van der Waals surface area contributed by atoms with Crippen molar-refractivity contribution in [1.82, 2.24) is 9.80 Å². The van der Waals surface area contributed by atoms with Gasteiger partial charge in [-0.25, -0.2) is 0 Å². The van der Waals surface area contributed by atoms with Gasteiger partial charge >= 0.3 is 0 Å². The van der Waals surface area contributed by atoms with E-state index >= 15 is 0 Å². The zero-order valence-electron chi connectivity index (χ0n) is 11.7. The van der Waals surface area contributed by atoms with Crippen molar-refractivity contribution >= 4 is 0 Å². The maximum atomic E-state index is 5.72. The van der Waals surface area contributed by atoms with Crippen molar-refractivity contribution in [3.63, 3.8) is 0 Å². The highest BCUT2D eigenvalue weighted by molar-refractivity contribution is 4.79. The van der Waals surface area contributed by atoms with Gasteiger partial charge in [0.25, 0.3) is 0 Å². The molecule has 1 aliphatic heterocycles. The van der Waals surface area contributed by atoms with Gasteiger partial charge in [-0.3, -0.25) is 0 Å². The topological polar surface area (TPSA) is 41.7 Å². The van der Waals surface area contributed by atoms with Crippen LogP contribution in [-0.4, -0.2) is 68.3 Å². The molecule has 0 radical (unpaired) electrons. The molecule has 102 valence electrons. The lowest BCUT2D eigenvalue weighted by atomic mass is 10.0. The van der Waals surface area contributed by atoms with Crippen LogP contribution in [0.2, 0.25) is 0 Å². The van der Waals surface area contributed by atoms with Gasteiger partial charge < -0.3 is 20.3 Å². The van der Waals surface area contributed by atoms with Crippen LogP contribution < -0.4 is 5.73 Å². The third-order valence-electron chi connectivity index (χ3n) is 3.78. The van der Waals surface area contributed by atoms with Crippen molar-refractivity contribution in [2.24, 2.45) is 5.73 Å². The molecule has 4 heteroatoms. The zero-order valence-corrected chi connectivity index (χ0v) is 11.7. The minimum atomic E-state index is 0.189. The average molecular weight is 243 g/mol. The fraction of sp³-hybridized carbons (Fsp3) is 1.00. The second-order valence-corrected chi connectivity index (χ2v) is 4.92. The fourth-order valence-electron chi connectivity index (χ4n) is 2.58. The lowest BCUT2D eigenvalue weighted by Crippen LogP contribution is -2.47. The molecule has 1 aliphatic rings. The van der Waals surface area contributed by atoms with Crippen molar-refractivity contribution < 1.29 is 4.74 Å². The molecule has 0 bridgehead atoms. The number of hydrogen-bond donors (Lipinski definition) is 1. The first kappa shape index (κ1) is 14.9. The minimum Gasteiger partial charge on any atom is -0.376 e. The van der Waals surface area contributed by atoms with Gasteiger partial charge in [0.1, 0.15) is 0 Å². The molecule has 17 heavy (non-hydrogen) atoms. The fourth-order valence-corrected chi connectivity index (χ4v) is 2.58. The number of likely N-dealkylation sites (tertiary alicyclic amines) is 1. The quantitative estimate of drug-likeness (QED) is 0.717. The molecule has 1 unspecified atom stereocenters. The van der Waals surface area contributed by atoms with Gasteiger partial charge in [0.15, 0.2) is 0 Å².